The Bertz CT molecular complexity index is 873. The molecule has 0 saturated carbocycles. The highest BCUT2D eigenvalue weighted by molar-refractivity contribution is 8.25. The third-order valence-corrected chi connectivity index (χ3v) is 7.26. The van der Waals surface area contributed by atoms with Crippen LogP contribution in [-0.2, 0) is 11.3 Å². The molecule has 1 heterocycles. The predicted molar refractivity (Wildman–Crippen MR) is 129 cm³/mol. The zero-order valence-corrected chi connectivity index (χ0v) is 19.5. The molecule has 1 aliphatic rings. The highest BCUT2D eigenvalue weighted by Gasteiger charge is 2.28. The summed E-state index contributed by atoms with van der Waals surface area (Å²) in [4.78, 5) is 15.0. The number of rotatable bonds is 8. The first-order valence-corrected chi connectivity index (χ1v) is 12.6. The Labute approximate surface area is 187 Å². The molecule has 170 valence electrons. The lowest BCUT2D eigenvalue weighted by Crippen LogP contribution is -2.34. The molecule has 2 N–H and O–H groups in total. The number of carbonyl (C=O) groups is 1. The van der Waals surface area contributed by atoms with Crippen molar-refractivity contribution in [2.24, 2.45) is 5.92 Å². The first-order chi connectivity index (χ1) is 14.8. The smallest absolute Gasteiger partial charge is 0.338 e. The van der Waals surface area contributed by atoms with Crippen molar-refractivity contribution in [2.45, 2.75) is 40.2 Å². The van der Waals surface area contributed by atoms with Crippen LogP contribution in [0.1, 0.15) is 49.5 Å². The van der Waals surface area contributed by atoms with Crippen LogP contribution in [0.3, 0.4) is 0 Å². The Kier molecular flexibility index (Phi) is 7.86. The summed E-state index contributed by atoms with van der Waals surface area (Å²) < 4.78 is 28.4. The van der Waals surface area contributed by atoms with Crippen LogP contribution < -0.4 is 9.21 Å². The molecule has 0 atom stereocenters. The quantitative estimate of drug-likeness (QED) is 0.500. The Morgan fingerprint density at radius 3 is 2.55 bits per heavy atom. The van der Waals surface area contributed by atoms with Crippen molar-refractivity contribution in [3.8, 4) is 0 Å². The van der Waals surface area contributed by atoms with Gasteiger partial charge in [-0.2, -0.15) is 0 Å². The molecule has 6 nitrogen and oxygen atoms in total. The molecular formula is C24H34N2O4S. The van der Waals surface area contributed by atoms with Gasteiger partial charge in [-0.05, 0) is 49.4 Å². The summed E-state index contributed by atoms with van der Waals surface area (Å²) in [5.41, 5.74) is 3.11. The molecular weight excluding hydrogens is 412 g/mol. The molecule has 3 rings (SSSR count). The minimum Gasteiger partial charge on any atom is -0.462 e. The second-order valence-corrected chi connectivity index (χ2v) is 10.5. The van der Waals surface area contributed by atoms with Crippen LogP contribution >= 0.6 is 10.8 Å². The second-order valence-electron chi connectivity index (χ2n) is 8.38. The van der Waals surface area contributed by atoms with E-state index in [-0.39, 0.29) is 11.9 Å². The fourth-order valence-corrected chi connectivity index (χ4v) is 5.34. The lowest BCUT2D eigenvalue weighted by atomic mass is 10.1. The van der Waals surface area contributed by atoms with Crippen LogP contribution in [0.25, 0.3) is 0 Å². The molecule has 0 spiro atoms. The van der Waals surface area contributed by atoms with Crippen molar-refractivity contribution in [1.29, 1.82) is 0 Å². The van der Waals surface area contributed by atoms with Crippen LogP contribution in [0.5, 0.6) is 0 Å². The van der Waals surface area contributed by atoms with Gasteiger partial charge in [0.1, 0.15) is 0 Å². The predicted octanol–water partition coefficient (Wildman–Crippen LogP) is 5.79. The molecule has 2 aromatic carbocycles. The monoisotopic (exact) mass is 446 g/mol. The summed E-state index contributed by atoms with van der Waals surface area (Å²) in [6.45, 7) is 8.40. The van der Waals surface area contributed by atoms with Gasteiger partial charge < -0.3 is 9.64 Å². The fraction of sp³-hybridized carbons (Fsp3) is 0.458. The van der Waals surface area contributed by atoms with Gasteiger partial charge in [0.25, 0.3) is 0 Å². The van der Waals surface area contributed by atoms with E-state index in [0.717, 1.165) is 25.1 Å². The molecule has 31 heavy (non-hydrogen) atoms. The van der Waals surface area contributed by atoms with Gasteiger partial charge in [0.15, 0.2) is 0 Å². The van der Waals surface area contributed by atoms with Crippen LogP contribution in [0.4, 0.5) is 11.4 Å². The molecule has 0 bridgehead atoms. The van der Waals surface area contributed by atoms with Gasteiger partial charge in [-0.25, -0.2) is 4.79 Å². The van der Waals surface area contributed by atoms with Crippen LogP contribution in [0.2, 0.25) is 0 Å². The number of hydrogen-bond acceptors (Lipinski definition) is 6. The normalized spacial score (nSPS) is 16.8. The van der Waals surface area contributed by atoms with E-state index < -0.39 is 10.8 Å². The van der Waals surface area contributed by atoms with Gasteiger partial charge in [-0.15, -0.1) is 10.8 Å². The lowest BCUT2D eigenvalue weighted by Gasteiger charge is -2.47. The van der Waals surface area contributed by atoms with E-state index in [2.05, 4.69) is 24.0 Å². The van der Waals surface area contributed by atoms with Crippen LogP contribution in [0.15, 0.2) is 48.5 Å². The van der Waals surface area contributed by atoms with E-state index in [4.69, 9.17) is 4.74 Å². The maximum Gasteiger partial charge on any atom is 0.338 e. The van der Waals surface area contributed by atoms with Crippen LogP contribution in [-0.4, -0.2) is 40.5 Å². The number of hydrogen-bond donors (Lipinski definition) is 2. The fourth-order valence-electron chi connectivity index (χ4n) is 3.66. The Morgan fingerprint density at radius 1 is 1.16 bits per heavy atom. The topological polar surface area (TPSA) is 73.2 Å². The maximum absolute atomic E-state index is 12.8. The SMILES string of the molecule is CCN(Cc1ccccc1)c1cc(C(=O)OCC(C)C)cc(N2CCCCS2(O)O)c1. The molecule has 0 radical (unpaired) electrons. The Hall–Kier alpha value is -2.22. The summed E-state index contributed by atoms with van der Waals surface area (Å²) >= 11 is 0. The molecule has 1 aliphatic heterocycles. The minimum absolute atomic E-state index is 0.242. The number of carbonyl (C=O) groups excluding carboxylic acids is 1. The molecule has 0 amide bonds. The number of ether oxygens (including phenoxy) is 1. The van der Waals surface area contributed by atoms with Crippen molar-refractivity contribution in [2.75, 3.05) is 34.7 Å². The summed E-state index contributed by atoms with van der Waals surface area (Å²) in [5.74, 6) is 0.207. The molecule has 0 unspecified atom stereocenters. The third kappa shape index (κ3) is 6.15. The summed E-state index contributed by atoms with van der Waals surface area (Å²) in [5, 5.41) is 0. The average Bonchev–Trinajstić information content (AvgIpc) is 2.75. The lowest BCUT2D eigenvalue weighted by molar-refractivity contribution is 0.0459. The second kappa shape index (κ2) is 10.4. The zero-order chi connectivity index (χ0) is 22.4. The third-order valence-electron chi connectivity index (χ3n) is 5.32. The van der Waals surface area contributed by atoms with Gasteiger partial charge in [0.2, 0.25) is 0 Å². The molecule has 0 aliphatic carbocycles. The van der Waals surface area contributed by atoms with Gasteiger partial charge >= 0.3 is 5.97 Å². The molecule has 1 fully saturated rings. The standard InChI is InChI=1S/C24H34N2O4S/c1-4-25(17-20-10-6-5-7-11-20)22-14-21(24(27)30-18-19(2)3)15-23(16-22)26-12-8-9-13-31(26,28)29/h5-7,10-11,14-16,19,28-29H,4,8-9,12-13,17-18H2,1-3H3. The van der Waals surface area contributed by atoms with Crippen molar-refractivity contribution >= 4 is 28.1 Å². The Balaban J connectivity index is 1.98. The zero-order valence-electron chi connectivity index (χ0n) is 18.7. The number of nitrogens with zero attached hydrogens (tertiary/aromatic N) is 2. The summed E-state index contributed by atoms with van der Waals surface area (Å²) in [6, 6.07) is 15.7. The van der Waals surface area contributed by atoms with Crippen LogP contribution in [0, 0.1) is 5.92 Å². The van der Waals surface area contributed by atoms with E-state index in [9.17, 15) is 13.9 Å². The molecule has 7 heteroatoms. The van der Waals surface area contributed by atoms with Gasteiger partial charge in [0, 0.05) is 25.3 Å². The highest BCUT2D eigenvalue weighted by Crippen LogP contribution is 2.50. The Morgan fingerprint density at radius 2 is 1.90 bits per heavy atom. The van der Waals surface area contributed by atoms with E-state index in [1.165, 1.54) is 5.56 Å². The molecule has 0 aromatic heterocycles. The van der Waals surface area contributed by atoms with Crippen molar-refractivity contribution in [1.82, 2.24) is 0 Å². The number of esters is 1. The largest absolute Gasteiger partial charge is 0.462 e. The van der Waals surface area contributed by atoms with Gasteiger partial charge in [-0.1, -0.05) is 44.2 Å². The highest BCUT2D eigenvalue weighted by atomic mass is 32.3. The van der Waals surface area contributed by atoms with E-state index in [1.807, 2.05) is 44.2 Å². The molecule has 1 saturated heterocycles. The number of anilines is 2. The summed E-state index contributed by atoms with van der Waals surface area (Å²) in [7, 11) is -2.89. The van der Waals surface area contributed by atoms with Gasteiger partial charge in [-0.3, -0.25) is 13.4 Å². The van der Waals surface area contributed by atoms with Crippen molar-refractivity contribution in [3.05, 3.63) is 59.7 Å². The first-order valence-electron chi connectivity index (χ1n) is 10.9. The van der Waals surface area contributed by atoms with Crippen molar-refractivity contribution < 1.29 is 18.6 Å². The number of benzene rings is 2. The maximum atomic E-state index is 12.8. The van der Waals surface area contributed by atoms with E-state index in [1.54, 1.807) is 10.4 Å². The molecule has 2 aromatic rings. The average molecular weight is 447 g/mol. The summed E-state index contributed by atoms with van der Waals surface area (Å²) in [6.07, 6.45) is 1.67. The van der Waals surface area contributed by atoms with Crippen molar-refractivity contribution in [3.63, 3.8) is 0 Å². The van der Waals surface area contributed by atoms with E-state index >= 15 is 0 Å². The van der Waals surface area contributed by atoms with Gasteiger partial charge in [0.05, 0.1) is 23.6 Å². The first kappa shape index (κ1) is 23.4. The van der Waals surface area contributed by atoms with E-state index in [0.29, 0.717) is 36.7 Å². The minimum atomic E-state index is -2.89.